The van der Waals surface area contributed by atoms with E-state index in [1.165, 1.54) is 6.33 Å². The van der Waals surface area contributed by atoms with Crippen LogP contribution in [0.25, 0.3) is 11.6 Å². The second kappa shape index (κ2) is 5.11. The van der Waals surface area contributed by atoms with Gasteiger partial charge in [-0.3, -0.25) is 0 Å². The average molecular weight is 191 g/mol. The molecule has 2 aromatic rings. The molecule has 0 saturated heterocycles. The molecule has 0 aliphatic heterocycles. The normalized spacial score (nSPS) is 9.07. The monoisotopic (exact) mass is 191 g/mol. The van der Waals surface area contributed by atoms with Crippen molar-refractivity contribution in [1.29, 1.82) is 0 Å². The SMILES string of the molecule is CC.Cc1cnc(-c2ccncn2)o1. The van der Waals surface area contributed by atoms with Gasteiger partial charge in [-0.15, -0.1) is 0 Å². The summed E-state index contributed by atoms with van der Waals surface area (Å²) < 4.78 is 5.27. The number of rotatable bonds is 1. The number of oxazole rings is 1. The van der Waals surface area contributed by atoms with Crippen molar-refractivity contribution in [2.75, 3.05) is 0 Å². The van der Waals surface area contributed by atoms with E-state index in [0.717, 1.165) is 5.76 Å². The zero-order chi connectivity index (χ0) is 10.4. The predicted molar refractivity (Wildman–Crippen MR) is 53.6 cm³/mol. The van der Waals surface area contributed by atoms with Crippen LogP contribution in [0.4, 0.5) is 0 Å². The van der Waals surface area contributed by atoms with Gasteiger partial charge in [-0.2, -0.15) is 0 Å². The molecule has 0 atom stereocenters. The number of hydrogen-bond donors (Lipinski definition) is 0. The Hall–Kier alpha value is -1.71. The van der Waals surface area contributed by atoms with Crippen LogP contribution in [0.1, 0.15) is 19.6 Å². The molecule has 4 heteroatoms. The summed E-state index contributed by atoms with van der Waals surface area (Å²) in [5, 5.41) is 0. The Morgan fingerprint density at radius 2 is 2.00 bits per heavy atom. The van der Waals surface area contributed by atoms with Crippen LogP contribution < -0.4 is 0 Å². The van der Waals surface area contributed by atoms with E-state index in [2.05, 4.69) is 15.0 Å². The summed E-state index contributed by atoms with van der Waals surface area (Å²) in [4.78, 5) is 11.8. The van der Waals surface area contributed by atoms with Gasteiger partial charge in [0.1, 0.15) is 17.8 Å². The van der Waals surface area contributed by atoms with Crippen LogP contribution in [-0.4, -0.2) is 15.0 Å². The van der Waals surface area contributed by atoms with Crippen LogP contribution in [0.3, 0.4) is 0 Å². The van der Waals surface area contributed by atoms with Gasteiger partial charge in [-0.05, 0) is 13.0 Å². The zero-order valence-corrected chi connectivity index (χ0v) is 8.56. The van der Waals surface area contributed by atoms with Gasteiger partial charge in [-0.25, -0.2) is 15.0 Å². The molecule has 0 unspecified atom stereocenters. The minimum absolute atomic E-state index is 0.537. The lowest BCUT2D eigenvalue weighted by Crippen LogP contribution is -1.82. The lowest BCUT2D eigenvalue weighted by molar-refractivity contribution is 0.540. The fourth-order valence-corrected chi connectivity index (χ4v) is 0.890. The van der Waals surface area contributed by atoms with Crippen LogP contribution in [-0.2, 0) is 0 Å². The van der Waals surface area contributed by atoms with Gasteiger partial charge in [-0.1, -0.05) is 13.8 Å². The van der Waals surface area contributed by atoms with Crippen molar-refractivity contribution >= 4 is 0 Å². The highest BCUT2D eigenvalue weighted by Crippen LogP contribution is 2.14. The Morgan fingerprint density at radius 3 is 2.50 bits per heavy atom. The number of aromatic nitrogens is 3. The van der Waals surface area contributed by atoms with Crippen LogP contribution in [0.5, 0.6) is 0 Å². The van der Waals surface area contributed by atoms with E-state index in [-0.39, 0.29) is 0 Å². The summed E-state index contributed by atoms with van der Waals surface area (Å²) in [6.07, 6.45) is 4.79. The summed E-state index contributed by atoms with van der Waals surface area (Å²) in [7, 11) is 0. The van der Waals surface area contributed by atoms with Crippen LogP contribution in [0.15, 0.2) is 29.2 Å². The van der Waals surface area contributed by atoms with E-state index in [1.54, 1.807) is 18.5 Å². The molecule has 0 fully saturated rings. The van der Waals surface area contributed by atoms with Gasteiger partial charge in [0.15, 0.2) is 0 Å². The third-order valence-electron chi connectivity index (χ3n) is 1.42. The van der Waals surface area contributed by atoms with Gasteiger partial charge < -0.3 is 4.42 Å². The molecular formula is C10H13N3O. The van der Waals surface area contributed by atoms with Crippen molar-refractivity contribution in [3.05, 3.63) is 30.5 Å². The lowest BCUT2D eigenvalue weighted by atomic mass is 10.4. The van der Waals surface area contributed by atoms with Crippen LogP contribution >= 0.6 is 0 Å². The Labute approximate surface area is 83.0 Å². The van der Waals surface area contributed by atoms with Gasteiger partial charge in [0.05, 0.1) is 6.20 Å². The first-order valence-corrected chi connectivity index (χ1v) is 4.55. The van der Waals surface area contributed by atoms with Crippen molar-refractivity contribution in [3.63, 3.8) is 0 Å². The summed E-state index contributed by atoms with van der Waals surface area (Å²) in [6.45, 7) is 5.84. The van der Waals surface area contributed by atoms with Crippen molar-refractivity contribution in [2.45, 2.75) is 20.8 Å². The Kier molecular flexibility index (Phi) is 3.79. The first-order valence-electron chi connectivity index (χ1n) is 4.55. The third-order valence-corrected chi connectivity index (χ3v) is 1.42. The topological polar surface area (TPSA) is 51.8 Å². The molecule has 0 aromatic carbocycles. The van der Waals surface area contributed by atoms with E-state index in [1.807, 2.05) is 20.8 Å². The van der Waals surface area contributed by atoms with Gasteiger partial charge in [0.25, 0.3) is 0 Å². The Morgan fingerprint density at radius 1 is 1.21 bits per heavy atom. The molecule has 0 aliphatic carbocycles. The highest BCUT2D eigenvalue weighted by atomic mass is 16.4. The summed E-state index contributed by atoms with van der Waals surface area (Å²) >= 11 is 0. The fraction of sp³-hybridized carbons (Fsp3) is 0.300. The van der Waals surface area contributed by atoms with Gasteiger partial charge in [0, 0.05) is 6.20 Å². The number of hydrogen-bond acceptors (Lipinski definition) is 4. The number of aryl methyl sites for hydroxylation is 1. The fourth-order valence-electron chi connectivity index (χ4n) is 0.890. The molecule has 2 aromatic heterocycles. The standard InChI is InChI=1S/C8H7N3O.C2H6/c1-6-4-10-8(12-6)7-2-3-9-5-11-7;1-2/h2-5H,1H3;1-2H3. The molecule has 4 nitrogen and oxygen atoms in total. The van der Waals surface area contributed by atoms with Crippen molar-refractivity contribution < 1.29 is 4.42 Å². The highest BCUT2D eigenvalue weighted by molar-refractivity contribution is 5.44. The first kappa shape index (κ1) is 10.4. The van der Waals surface area contributed by atoms with E-state index in [4.69, 9.17) is 4.42 Å². The molecule has 14 heavy (non-hydrogen) atoms. The molecule has 0 saturated carbocycles. The van der Waals surface area contributed by atoms with Crippen LogP contribution in [0.2, 0.25) is 0 Å². The summed E-state index contributed by atoms with van der Waals surface area (Å²) in [5.41, 5.74) is 0.707. The van der Waals surface area contributed by atoms with Crippen molar-refractivity contribution in [3.8, 4) is 11.6 Å². The molecule has 0 amide bonds. The lowest BCUT2D eigenvalue weighted by Gasteiger charge is -1.90. The maximum Gasteiger partial charge on any atom is 0.245 e. The maximum absolute atomic E-state index is 5.27. The molecule has 74 valence electrons. The Balaban J connectivity index is 0.000000461. The molecule has 2 rings (SSSR count). The molecule has 0 N–H and O–H groups in total. The minimum atomic E-state index is 0.537. The largest absolute Gasteiger partial charge is 0.440 e. The van der Waals surface area contributed by atoms with E-state index < -0.39 is 0 Å². The van der Waals surface area contributed by atoms with Gasteiger partial charge >= 0.3 is 0 Å². The molecular weight excluding hydrogens is 178 g/mol. The van der Waals surface area contributed by atoms with Crippen molar-refractivity contribution in [1.82, 2.24) is 15.0 Å². The number of nitrogens with zero attached hydrogens (tertiary/aromatic N) is 3. The smallest absolute Gasteiger partial charge is 0.245 e. The molecule has 0 aliphatic rings. The van der Waals surface area contributed by atoms with Gasteiger partial charge in [0.2, 0.25) is 5.89 Å². The van der Waals surface area contributed by atoms with E-state index >= 15 is 0 Å². The van der Waals surface area contributed by atoms with E-state index in [9.17, 15) is 0 Å². The minimum Gasteiger partial charge on any atom is -0.440 e. The second-order valence-electron chi connectivity index (χ2n) is 2.37. The summed E-state index contributed by atoms with van der Waals surface area (Å²) in [6, 6.07) is 1.76. The first-order chi connectivity index (χ1) is 6.86. The molecule has 0 spiro atoms. The Bertz CT molecular complexity index is 370. The zero-order valence-electron chi connectivity index (χ0n) is 8.56. The van der Waals surface area contributed by atoms with Crippen LogP contribution in [0, 0.1) is 6.92 Å². The summed E-state index contributed by atoms with van der Waals surface area (Å²) in [5.74, 6) is 1.32. The highest BCUT2D eigenvalue weighted by Gasteiger charge is 2.03. The molecule has 0 bridgehead atoms. The molecule has 2 heterocycles. The third kappa shape index (κ3) is 2.39. The maximum atomic E-state index is 5.27. The predicted octanol–water partition coefficient (Wildman–Crippen LogP) is 2.47. The van der Waals surface area contributed by atoms with E-state index in [0.29, 0.717) is 11.6 Å². The molecule has 0 radical (unpaired) electrons. The quantitative estimate of drug-likeness (QED) is 0.694. The average Bonchev–Trinajstić information content (AvgIpc) is 2.69. The second-order valence-corrected chi connectivity index (χ2v) is 2.37. The van der Waals surface area contributed by atoms with Crippen molar-refractivity contribution in [2.24, 2.45) is 0 Å².